The van der Waals surface area contributed by atoms with Gasteiger partial charge in [-0.3, -0.25) is 4.79 Å². The van der Waals surface area contributed by atoms with Gasteiger partial charge < -0.3 is 19.5 Å². The Balaban J connectivity index is 1.75. The fourth-order valence-corrected chi connectivity index (χ4v) is 2.61. The van der Waals surface area contributed by atoms with E-state index in [1.165, 1.54) is 12.1 Å². The van der Waals surface area contributed by atoms with E-state index in [0.29, 0.717) is 36.0 Å². The standard InChI is InChI=1S/C18H16ClNO5/c1-2-23-18(22)13-5-4-12(10-14(13)19)20-17(21)11-3-6-15-16(9-11)25-8-7-24-15/h3-6,9-10H,2,7-8H2,1H3,(H,20,21). The van der Waals surface area contributed by atoms with Crippen LogP contribution in [0.2, 0.25) is 5.02 Å². The van der Waals surface area contributed by atoms with Crippen molar-refractivity contribution >= 4 is 29.2 Å². The molecule has 1 aliphatic rings. The second kappa shape index (κ2) is 7.44. The summed E-state index contributed by atoms with van der Waals surface area (Å²) in [7, 11) is 0. The van der Waals surface area contributed by atoms with Crippen molar-refractivity contribution in [1.82, 2.24) is 0 Å². The molecule has 1 heterocycles. The molecule has 0 aliphatic carbocycles. The highest BCUT2D eigenvalue weighted by Crippen LogP contribution is 2.31. The van der Waals surface area contributed by atoms with Crippen molar-refractivity contribution < 1.29 is 23.8 Å². The Hall–Kier alpha value is -2.73. The molecule has 0 unspecified atom stereocenters. The predicted molar refractivity (Wildman–Crippen MR) is 92.8 cm³/mol. The van der Waals surface area contributed by atoms with E-state index < -0.39 is 5.97 Å². The number of fused-ring (bicyclic) bond motifs is 1. The van der Waals surface area contributed by atoms with Crippen LogP contribution in [-0.2, 0) is 4.74 Å². The molecule has 1 amide bonds. The molecule has 2 aromatic carbocycles. The molecule has 130 valence electrons. The summed E-state index contributed by atoms with van der Waals surface area (Å²) in [6.45, 7) is 2.92. The highest BCUT2D eigenvalue weighted by Gasteiger charge is 2.16. The monoisotopic (exact) mass is 361 g/mol. The SMILES string of the molecule is CCOC(=O)c1ccc(NC(=O)c2ccc3c(c2)OCCO3)cc1Cl. The third kappa shape index (κ3) is 3.85. The van der Waals surface area contributed by atoms with Gasteiger partial charge in [-0.25, -0.2) is 4.79 Å². The van der Waals surface area contributed by atoms with Crippen molar-refractivity contribution in [3.05, 3.63) is 52.5 Å². The Labute approximate surface area is 149 Å². The number of benzene rings is 2. The van der Waals surface area contributed by atoms with Gasteiger partial charge in [-0.2, -0.15) is 0 Å². The fraction of sp³-hybridized carbons (Fsp3) is 0.222. The Bertz CT molecular complexity index is 821. The number of halogens is 1. The molecule has 1 aliphatic heterocycles. The third-order valence-electron chi connectivity index (χ3n) is 3.53. The fourth-order valence-electron chi connectivity index (χ4n) is 2.36. The van der Waals surface area contributed by atoms with Crippen LogP contribution in [0.1, 0.15) is 27.6 Å². The molecule has 25 heavy (non-hydrogen) atoms. The van der Waals surface area contributed by atoms with Crippen molar-refractivity contribution in [3.63, 3.8) is 0 Å². The second-order valence-electron chi connectivity index (χ2n) is 5.23. The van der Waals surface area contributed by atoms with E-state index in [1.807, 2.05) is 0 Å². The second-order valence-corrected chi connectivity index (χ2v) is 5.63. The van der Waals surface area contributed by atoms with E-state index in [1.54, 1.807) is 31.2 Å². The minimum absolute atomic E-state index is 0.207. The van der Waals surface area contributed by atoms with E-state index in [0.717, 1.165) is 0 Å². The lowest BCUT2D eigenvalue weighted by Gasteiger charge is -2.18. The van der Waals surface area contributed by atoms with Crippen LogP contribution in [0.5, 0.6) is 11.5 Å². The Morgan fingerprint density at radius 3 is 2.60 bits per heavy atom. The van der Waals surface area contributed by atoms with Gasteiger partial charge in [-0.1, -0.05) is 11.6 Å². The lowest BCUT2D eigenvalue weighted by atomic mass is 10.1. The third-order valence-corrected chi connectivity index (χ3v) is 3.84. The number of rotatable bonds is 4. The first-order valence-corrected chi connectivity index (χ1v) is 8.14. The molecular weight excluding hydrogens is 346 g/mol. The van der Waals surface area contributed by atoms with E-state index in [2.05, 4.69) is 5.32 Å². The van der Waals surface area contributed by atoms with Crippen LogP contribution >= 0.6 is 11.6 Å². The molecule has 0 spiro atoms. The lowest BCUT2D eigenvalue weighted by Crippen LogP contribution is -2.17. The zero-order valence-corrected chi connectivity index (χ0v) is 14.3. The van der Waals surface area contributed by atoms with E-state index in [4.69, 9.17) is 25.8 Å². The van der Waals surface area contributed by atoms with Crippen LogP contribution in [-0.4, -0.2) is 31.7 Å². The highest BCUT2D eigenvalue weighted by atomic mass is 35.5. The first-order chi connectivity index (χ1) is 12.1. The Morgan fingerprint density at radius 2 is 1.88 bits per heavy atom. The summed E-state index contributed by atoms with van der Waals surface area (Å²) in [4.78, 5) is 24.1. The highest BCUT2D eigenvalue weighted by molar-refractivity contribution is 6.34. The van der Waals surface area contributed by atoms with E-state index in [-0.39, 0.29) is 23.1 Å². The molecule has 7 heteroatoms. The lowest BCUT2D eigenvalue weighted by molar-refractivity contribution is 0.0526. The number of amides is 1. The predicted octanol–water partition coefficient (Wildman–Crippen LogP) is 3.54. The van der Waals surface area contributed by atoms with Crippen LogP contribution in [0.4, 0.5) is 5.69 Å². The molecule has 1 N–H and O–H groups in total. The summed E-state index contributed by atoms with van der Waals surface area (Å²) in [5.74, 6) is 0.327. The number of nitrogens with one attached hydrogen (secondary N) is 1. The molecule has 0 radical (unpaired) electrons. The Morgan fingerprint density at radius 1 is 1.12 bits per heavy atom. The first kappa shape index (κ1) is 17.1. The van der Waals surface area contributed by atoms with Crippen LogP contribution in [0, 0.1) is 0 Å². The van der Waals surface area contributed by atoms with Gasteiger partial charge in [0.1, 0.15) is 13.2 Å². The molecule has 0 saturated carbocycles. The smallest absolute Gasteiger partial charge is 0.339 e. The van der Waals surface area contributed by atoms with Gasteiger partial charge in [0.25, 0.3) is 5.91 Å². The number of carbonyl (C=O) groups excluding carboxylic acids is 2. The largest absolute Gasteiger partial charge is 0.486 e. The molecule has 0 aromatic heterocycles. The van der Waals surface area contributed by atoms with Gasteiger partial charge in [0.2, 0.25) is 0 Å². The molecule has 0 atom stereocenters. The molecule has 0 saturated heterocycles. The number of anilines is 1. The summed E-state index contributed by atoms with van der Waals surface area (Å²) in [6.07, 6.45) is 0. The maximum Gasteiger partial charge on any atom is 0.339 e. The molecule has 0 bridgehead atoms. The number of carbonyl (C=O) groups is 2. The topological polar surface area (TPSA) is 73.9 Å². The minimum atomic E-state index is -0.503. The number of ether oxygens (including phenoxy) is 3. The zero-order valence-electron chi connectivity index (χ0n) is 13.5. The van der Waals surface area contributed by atoms with Gasteiger partial charge in [0.15, 0.2) is 11.5 Å². The number of hydrogen-bond donors (Lipinski definition) is 1. The van der Waals surface area contributed by atoms with Gasteiger partial charge in [-0.15, -0.1) is 0 Å². The maximum atomic E-state index is 12.4. The molecule has 6 nitrogen and oxygen atoms in total. The summed E-state index contributed by atoms with van der Waals surface area (Å²) in [5, 5.41) is 2.94. The van der Waals surface area contributed by atoms with Crippen LogP contribution in [0.25, 0.3) is 0 Å². The van der Waals surface area contributed by atoms with Gasteiger partial charge in [-0.05, 0) is 43.3 Å². The first-order valence-electron chi connectivity index (χ1n) is 7.76. The van der Waals surface area contributed by atoms with E-state index >= 15 is 0 Å². The quantitative estimate of drug-likeness (QED) is 0.843. The van der Waals surface area contributed by atoms with Crippen molar-refractivity contribution in [2.75, 3.05) is 25.1 Å². The van der Waals surface area contributed by atoms with Crippen molar-refractivity contribution in [2.24, 2.45) is 0 Å². The van der Waals surface area contributed by atoms with Crippen LogP contribution < -0.4 is 14.8 Å². The number of esters is 1. The van der Waals surface area contributed by atoms with Gasteiger partial charge in [0, 0.05) is 11.3 Å². The molecular formula is C18H16ClNO5. The molecule has 0 fully saturated rings. The molecule has 2 aromatic rings. The molecule has 3 rings (SSSR count). The minimum Gasteiger partial charge on any atom is -0.486 e. The number of hydrogen-bond acceptors (Lipinski definition) is 5. The average molecular weight is 362 g/mol. The van der Waals surface area contributed by atoms with Gasteiger partial charge >= 0.3 is 5.97 Å². The van der Waals surface area contributed by atoms with Crippen LogP contribution in [0.3, 0.4) is 0 Å². The van der Waals surface area contributed by atoms with Crippen molar-refractivity contribution in [1.29, 1.82) is 0 Å². The van der Waals surface area contributed by atoms with Crippen molar-refractivity contribution in [3.8, 4) is 11.5 Å². The average Bonchev–Trinajstić information content (AvgIpc) is 2.61. The summed E-state index contributed by atoms with van der Waals surface area (Å²) in [6, 6.07) is 9.58. The van der Waals surface area contributed by atoms with Crippen LogP contribution in [0.15, 0.2) is 36.4 Å². The summed E-state index contributed by atoms with van der Waals surface area (Å²) >= 11 is 6.10. The van der Waals surface area contributed by atoms with Gasteiger partial charge in [0.05, 0.1) is 17.2 Å². The normalized spacial score (nSPS) is 12.4. The Kier molecular flexibility index (Phi) is 5.09. The van der Waals surface area contributed by atoms with Crippen molar-refractivity contribution in [2.45, 2.75) is 6.92 Å². The zero-order chi connectivity index (χ0) is 17.8. The summed E-state index contributed by atoms with van der Waals surface area (Å²) in [5.41, 5.74) is 1.15. The van der Waals surface area contributed by atoms with E-state index in [9.17, 15) is 9.59 Å². The maximum absolute atomic E-state index is 12.4. The summed E-state index contributed by atoms with van der Waals surface area (Å²) < 4.78 is 15.8.